The molecule has 0 aromatic carbocycles. The first-order valence-corrected chi connectivity index (χ1v) is 7.41. The predicted octanol–water partition coefficient (Wildman–Crippen LogP) is 1.62. The Morgan fingerprint density at radius 1 is 1.33 bits per heavy atom. The maximum absolute atomic E-state index is 12.5. The van der Waals surface area contributed by atoms with Crippen LogP contribution in [0.4, 0.5) is 0 Å². The first-order valence-electron chi connectivity index (χ1n) is 7.41. The van der Waals surface area contributed by atoms with Crippen molar-refractivity contribution in [3.8, 4) is 0 Å². The molecule has 1 atom stereocenters. The Labute approximate surface area is 121 Å². The monoisotopic (exact) mass is 287 g/mol. The number of rotatable bonds is 3. The van der Waals surface area contributed by atoms with Crippen molar-refractivity contribution in [3.63, 3.8) is 0 Å². The molecule has 2 fully saturated rings. The number of amides is 1. The third-order valence-corrected chi connectivity index (χ3v) is 4.22. The van der Waals surface area contributed by atoms with E-state index in [0.717, 1.165) is 38.0 Å². The topological polar surface area (TPSA) is 77.0 Å². The number of aromatic nitrogens is 4. The Bertz CT molecular complexity index is 632. The second kappa shape index (κ2) is 4.98. The van der Waals surface area contributed by atoms with Crippen LogP contribution in [-0.2, 0) is 0 Å². The number of carbonyl (C=O) groups is 1. The van der Waals surface area contributed by atoms with Crippen molar-refractivity contribution in [1.82, 2.24) is 24.8 Å². The van der Waals surface area contributed by atoms with Crippen LogP contribution < -0.4 is 0 Å². The van der Waals surface area contributed by atoms with Crippen LogP contribution >= 0.6 is 0 Å². The van der Waals surface area contributed by atoms with Gasteiger partial charge in [-0.1, -0.05) is 5.16 Å². The van der Waals surface area contributed by atoms with Gasteiger partial charge in [-0.25, -0.2) is 9.67 Å². The summed E-state index contributed by atoms with van der Waals surface area (Å²) in [6, 6.07) is 2.00. The van der Waals surface area contributed by atoms with Gasteiger partial charge in [0.15, 0.2) is 5.69 Å². The minimum Gasteiger partial charge on any atom is -0.360 e. The Hall–Kier alpha value is -2.18. The van der Waals surface area contributed by atoms with Crippen molar-refractivity contribution in [1.29, 1.82) is 0 Å². The quantitative estimate of drug-likeness (QED) is 0.857. The maximum Gasteiger partial charge on any atom is 0.276 e. The molecule has 1 amide bonds. The van der Waals surface area contributed by atoms with E-state index in [0.29, 0.717) is 18.2 Å². The molecule has 0 radical (unpaired) electrons. The molecule has 2 aromatic rings. The highest BCUT2D eigenvalue weighted by Gasteiger charge is 2.31. The average Bonchev–Trinajstić information content (AvgIpc) is 3.05. The van der Waals surface area contributed by atoms with Gasteiger partial charge in [-0.2, -0.15) is 5.10 Å². The van der Waals surface area contributed by atoms with Crippen LogP contribution in [-0.4, -0.2) is 43.8 Å². The molecule has 110 valence electrons. The second-order valence-electron chi connectivity index (χ2n) is 5.81. The first kappa shape index (κ1) is 12.6. The van der Waals surface area contributed by atoms with E-state index in [4.69, 9.17) is 4.52 Å². The van der Waals surface area contributed by atoms with Crippen LogP contribution in [0, 0.1) is 0 Å². The molecule has 7 heteroatoms. The molecule has 3 heterocycles. The second-order valence-corrected chi connectivity index (χ2v) is 5.81. The molecule has 21 heavy (non-hydrogen) atoms. The highest BCUT2D eigenvalue weighted by Crippen LogP contribution is 2.40. The van der Waals surface area contributed by atoms with Gasteiger partial charge in [-0.3, -0.25) is 4.79 Å². The third-order valence-electron chi connectivity index (χ3n) is 4.22. The van der Waals surface area contributed by atoms with Crippen LogP contribution in [0.25, 0.3) is 0 Å². The molecule has 7 nitrogen and oxygen atoms in total. The van der Waals surface area contributed by atoms with Gasteiger partial charge >= 0.3 is 0 Å². The molecule has 0 unspecified atom stereocenters. The minimum atomic E-state index is -0.0459. The van der Waals surface area contributed by atoms with Crippen LogP contribution in [0.2, 0.25) is 0 Å². The Kier molecular flexibility index (Phi) is 2.98. The largest absolute Gasteiger partial charge is 0.360 e. The predicted molar refractivity (Wildman–Crippen MR) is 72.7 cm³/mol. The zero-order chi connectivity index (χ0) is 14.2. The van der Waals surface area contributed by atoms with E-state index >= 15 is 0 Å². The minimum absolute atomic E-state index is 0.0459. The number of hydrogen-bond acceptors (Lipinski definition) is 5. The van der Waals surface area contributed by atoms with Crippen molar-refractivity contribution < 1.29 is 9.32 Å². The maximum atomic E-state index is 12.5. The van der Waals surface area contributed by atoms with Crippen molar-refractivity contribution in [2.75, 3.05) is 13.1 Å². The van der Waals surface area contributed by atoms with E-state index in [-0.39, 0.29) is 11.9 Å². The smallest absolute Gasteiger partial charge is 0.276 e. The fraction of sp³-hybridized carbons (Fsp3) is 0.571. The first-order chi connectivity index (χ1) is 10.3. The highest BCUT2D eigenvalue weighted by molar-refractivity contribution is 5.92. The number of likely N-dealkylation sites (tertiary alicyclic amines) is 1. The Morgan fingerprint density at radius 2 is 2.24 bits per heavy atom. The van der Waals surface area contributed by atoms with Crippen LogP contribution in [0.15, 0.2) is 23.2 Å². The zero-order valence-electron chi connectivity index (χ0n) is 11.7. The number of nitrogens with zero attached hydrogens (tertiary/aromatic N) is 5. The summed E-state index contributed by atoms with van der Waals surface area (Å²) >= 11 is 0. The normalized spacial score (nSPS) is 22.5. The Morgan fingerprint density at radius 3 is 3.00 bits per heavy atom. The summed E-state index contributed by atoms with van der Waals surface area (Å²) < 4.78 is 7.11. The summed E-state index contributed by atoms with van der Waals surface area (Å²) in [6.07, 6.45) is 7.49. The molecule has 1 aliphatic carbocycles. The summed E-state index contributed by atoms with van der Waals surface area (Å²) in [5.74, 6) is 1.28. The zero-order valence-corrected chi connectivity index (χ0v) is 11.7. The third kappa shape index (κ3) is 2.43. The molecule has 1 saturated carbocycles. The van der Waals surface area contributed by atoms with Gasteiger partial charge in [0.2, 0.25) is 0 Å². The number of hydrogen-bond donors (Lipinski definition) is 0. The molecule has 2 aromatic heterocycles. The van der Waals surface area contributed by atoms with Crippen molar-refractivity contribution in [2.24, 2.45) is 0 Å². The van der Waals surface area contributed by atoms with Crippen molar-refractivity contribution in [2.45, 2.75) is 37.6 Å². The van der Waals surface area contributed by atoms with E-state index in [1.54, 1.807) is 12.4 Å². The fourth-order valence-electron chi connectivity index (χ4n) is 2.87. The molecule has 0 N–H and O–H groups in total. The summed E-state index contributed by atoms with van der Waals surface area (Å²) in [7, 11) is 0. The summed E-state index contributed by atoms with van der Waals surface area (Å²) in [5, 5.41) is 8.11. The lowest BCUT2D eigenvalue weighted by Gasteiger charge is -2.32. The van der Waals surface area contributed by atoms with Gasteiger partial charge < -0.3 is 9.42 Å². The summed E-state index contributed by atoms with van der Waals surface area (Å²) in [5.41, 5.74) is 0.427. The van der Waals surface area contributed by atoms with Crippen molar-refractivity contribution in [3.05, 3.63) is 30.2 Å². The van der Waals surface area contributed by atoms with E-state index < -0.39 is 0 Å². The van der Waals surface area contributed by atoms with Gasteiger partial charge in [-0.05, 0) is 25.7 Å². The molecule has 0 spiro atoms. The SMILES string of the molecule is O=C(c1cc(C2CC2)on1)N1CCC[C@@H](n2cncn2)C1. The van der Waals surface area contributed by atoms with E-state index in [1.165, 1.54) is 6.33 Å². The highest BCUT2D eigenvalue weighted by atomic mass is 16.5. The van der Waals surface area contributed by atoms with Crippen LogP contribution in [0.5, 0.6) is 0 Å². The molecule has 1 aliphatic heterocycles. The van der Waals surface area contributed by atoms with E-state index in [1.807, 2.05) is 9.58 Å². The molecule has 2 aliphatic rings. The molecule has 4 rings (SSSR count). The number of piperidine rings is 1. The van der Waals surface area contributed by atoms with E-state index in [2.05, 4.69) is 15.2 Å². The average molecular weight is 287 g/mol. The van der Waals surface area contributed by atoms with Gasteiger partial charge in [-0.15, -0.1) is 0 Å². The van der Waals surface area contributed by atoms with Crippen molar-refractivity contribution >= 4 is 5.91 Å². The molecule has 1 saturated heterocycles. The van der Waals surface area contributed by atoms with Gasteiger partial charge in [0.05, 0.1) is 6.04 Å². The lowest BCUT2D eigenvalue weighted by atomic mass is 10.1. The van der Waals surface area contributed by atoms with E-state index in [9.17, 15) is 4.79 Å². The summed E-state index contributed by atoms with van der Waals surface area (Å²) in [4.78, 5) is 18.3. The van der Waals surface area contributed by atoms with Gasteiger partial charge in [0.25, 0.3) is 5.91 Å². The number of carbonyl (C=O) groups excluding carboxylic acids is 1. The summed E-state index contributed by atoms with van der Waals surface area (Å²) in [6.45, 7) is 1.41. The molecular formula is C14H17N5O2. The van der Waals surface area contributed by atoms with Crippen LogP contribution in [0.1, 0.15) is 53.9 Å². The molecular weight excluding hydrogens is 270 g/mol. The van der Waals surface area contributed by atoms with Gasteiger partial charge in [0.1, 0.15) is 18.4 Å². The lowest BCUT2D eigenvalue weighted by Crippen LogP contribution is -2.41. The van der Waals surface area contributed by atoms with Gasteiger partial charge in [0, 0.05) is 25.1 Å². The van der Waals surface area contributed by atoms with Crippen LogP contribution in [0.3, 0.4) is 0 Å². The standard InChI is InChI=1S/C14H17N5O2/c20-14(12-6-13(21-17-12)10-3-4-10)18-5-1-2-11(7-18)19-9-15-8-16-19/h6,8-11H,1-5,7H2/t11-/m1/s1. The fourth-order valence-corrected chi connectivity index (χ4v) is 2.87. The Balaban J connectivity index is 1.47. The lowest BCUT2D eigenvalue weighted by molar-refractivity contribution is 0.0662. The molecule has 0 bridgehead atoms.